The van der Waals surface area contributed by atoms with Gasteiger partial charge in [0.05, 0.1) is 27.5 Å². The summed E-state index contributed by atoms with van der Waals surface area (Å²) in [6, 6.07) is 14.5. The number of hydrogen-bond donors (Lipinski definition) is 1. The number of rotatable bonds is 5. The number of anilines is 1. The second-order valence-corrected chi connectivity index (χ2v) is 9.60. The van der Waals surface area contributed by atoms with Crippen LogP contribution in [0.5, 0.6) is 0 Å². The molecule has 0 aliphatic carbocycles. The highest BCUT2D eigenvalue weighted by Gasteiger charge is 2.09. The summed E-state index contributed by atoms with van der Waals surface area (Å²) in [5.74, 6) is 0.831. The number of nitrogens with one attached hydrogen (secondary N) is 1. The fourth-order valence-electron chi connectivity index (χ4n) is 4.02. The average molecular weight is 459 g/mol. The predicted octanol–water partition coefficient (Wildman–Crippen LogP) is 5.92. The third-order valence-electron chi connectivity index (χ3n) is 5.47. The monoisotopic (exact) mass is 458 g/mol. The molecule has 1 N–H and O–H groups in total. The first kappa shape index (κ1) is 19.3. The highest BCUT2D eigenvalue weighted by Crippen LogP contribution is 2.30. The van der Waals surface area contributed by atoms with Crippen molar-refractivity contribution < 1.29 is 0 Å². The number of pyridine rings is 2. The van der Waals surface area contributed by atoms with Gasteiger partial charge >= 0.3 is 0 Å². The van der Waals surface area contributed by atoms with E-state index in [-0.39, 0.29) is 0 Å². The number of hydrogen-bond acceptors (Lipinski definition) is 5. The molecule has 0 fully saturated rings. The summed E-state index contributed by atoms with van der Waals surface area (Å²) < 4.78 is 6.03. The number of benzene rings is 1. The van der Waals surface area contributed by atoms with Gasteiger partial charge in [-0.25, -0.2) is 9.97 Å². The normalized spacial score (nSPS) is 11.7. The molecule has 6 nitrogen and oxygen atoms in total. The number of aryl methyl sites for hydroxylation is 1. The molecule has 5 aromatic heterocycles. The van der Waals surface area contributed by atoms with Crippen LogP contribution in [0.3, 0.4) is 0 Å². The number of nitrogens with zero attached hydrogens (tertiary/aromatic N) is 5. The summed E-state index contributed by atoms with van der Waals surface area (Å²) in [6.45, 7) is 3.36. The van der Waals surface area contributed by atoms with Crippen molar-refractivity contribution in [2.24, 2.45) is 0 Å². The lowest BCUT2D eigenvalue weighted by atomic mass is 10.1. The van der Waals surface area contributed by atoms with E-state index in [1.807, 2.05) is 36.0 Å². The zero-order chi connectivity index (χ0) is 21.7. The topological polar surface area (TPSA) is 60.0 Å². The molecule has 158 valence electrons. The van der Waals surface area contributed by atoms with Crippen molar-refractivity contribution in [1.29, 1.82) is 0 Å². The van der Waals surface area contributed by atoms with Crippen molar-refractivity contribution in [1.82, 2.24) is 24.1 Å². The fourth-order valence-corrected chi connectivity index (χ4v) is 5.15. The molecule has 0 saturated carbocycles. The molecule has 0 saturated heterocycles. The lowest BCUT2D eigenvalue weighted by Gasteiger charge is -2.06. The van der Waals surface area contributed by atoms with Crippen LogP contribution in [0, 0.1) is 6.92 Å². The minimum Gasteiger partial charge on any atom is -0.365 e. The molecule has 5 heterocycles. The standard InChI is InChI=1S/C24H19ClN6S/c1-15-11-30-12-17(3-5-23(30)28-15)13-31-14-19-20(29-31)6-7-26-24(19)27-10-16-2-4-21-18(8-16)9-22(25)32-21/h2-9,11-12,14H,10,13H2,1H3,(H,26,27). The first-order valence-corrected chi connectivity index (χ1v) is 11.5. The van der Waals surface area contributed by atoms with E-state index in [2.05, 4.69) is 56.3 Å². The van der Waals surface area contributed by atoms with Crippen LogP contribution in [0.1, 0.15) is 16.8 Å². The van der Waals surface area contributed by atoms with E-state index in [1.54, 1.807) is 17.5 Å². The van der Waals surface area contributed by atoms with Gasteiger partial charge in [-0.15, -0.1) is 11.3 Å². The Balaban J connectivity index is 1.25. The number of imidazole rings is 1. The first-order chi connectivity index (χ1) is 15.6. The lowest BCUT2D eigenvalue weighted by molar-refractivity contribution is 0.693. The molecule has 0 radical (unpaired) electrons. The highest BCUT2D eigenvalue weighted by atomic mass is 35.5. The molecule has 1 aromatic carbocycles. The Hall–Kier alpha value is -3.42. The van der Waals surface area contributed by atoms with Crippen LogP contribution in [0.15, 0.2) is 67.3 Å². The van der Waals surface area contributed by atoms with Crippen molar-refractivity contribution in [2.45, 2.75) is 20.0 Å². The Morgan fingerprint density at radius 2 is 1.94 bits per heavy atom. The SMILES string of the molecule is Cc1cn2cc(Cn3cc4c(NCc5ccc6sc(Cl)cc6c5)nccc4n3)ccc2n1. The fraction of sp³-hybridized carbons (Fsp3) is 0.125. The van der Waals surface area contributed by atoms with Gasteiger partial charge in [-0.2, -0.15) is 5.10 Å². The van der Waals surface area contributed by atoms with E-state index in [4.69, 9.17) is 16.7 Å². The van der Waals surface area contributed by atoms with Crippen LogP contribution in [0.25, 0.3) is 26.6 Å². The molecule has 6 aromatic rings. The smallest absolute Gasteiger partial charge is 0.137 e. The Labute approximate surface area is 193 Å². The molecular formula is C24H19ClN6S. The van der Waals surface area contributed by atoms with Crippen molar-refractivity contribution in [3.8, 4) is 0 Å². The highest BCUT2D eigenvalue weighted by molar-refractivity contribution is 7.22. The van der Waals surface area contributed by atoms with Crippen LogP contribution in [-0.4, -0.2) is 24.1 Å². The van der Waals surface area contributed by atoms with Crippen molar-refractivity contribution in [3.05, 3.63) is 88.4 Å². The summed E-state index contributed by atoms with van der Waals surface area (Å²) in [5.41, 5.74) is 5.22. The summed E-state index contributed by atoms with van der Waals surface area (Å²) >= 11 is 7.74. The maximum Gasteiger partial charge on any atom is 0.137 e. The zero-order valence-electron chi connectivity index (χ0n) is 17.3. The summed E-state index contributed by atoms with van der Waals surface area (Å²) in [5, 5.41) is 10.4. The molecule has 8 heteroatoms. The van der Waals surface area contributed by atoms with Crippen molar-refractivity contribution in [2.75, 3.05) is 5.32 Å². The second kappa shape index (κ2) is 7.62. The Bertz CT molecular complexity index is 1590. The molecule has 0 unspecified atom stereocenters. The molecule has 0 atom stereocenters. The number of thiophene rings is 1. The van der Waals surface area contributed by atoms with Crippen LogP contribution in [0.4, 0.5) is 5.82 Å². The number of halogens is 1. The van der Waals surface area contributed by atoms with Crippen LogP contribution >= 0.6 is 22.9 Å². The van der Waals surface area contributed by atoms with E-state index in [9.17, 15) is 0 Å². The van der Waals surface area contributed by atoms with Crippen LogP contribution < -0.4 is 5.32 Å². The van der Waals surface area contributed by atoms with Gasteiger partial charge < -0.3 is 9.72 Å². The van der Waals surface area contributed by atoms with E-state index >= 15 is 0 Å². The lowest BCUT2D eigenvalue weighted by Crippen LogP contribution is -2.01. The molecule has 0 amide bonds. The van der Waals surface area contributed by atoms with Crippen LogP contribution in [0.2, 0.25) is 4.34 Å². The third kappa shape index (κ3) is 3.59. The third-order valence-corrected chi connectivity index (χ3v) is 6.71. The van der Waals surface area contributed by atoms with Gasteiger partial charge in [0.15, 0.2) is 0 Å². The summed E-state index contributed by atoms with van der Waals surface area (Å²) in [6.07, 6.45) is 7.98. The van der Waals surface area contributed by atoms with Gasteiger partial charge in [-0.3, -0.25) is 4.68 Å². The average Bonchev–Trinajstić information content (AvgIpc) is 3.45. The van der Waals surface area contributed by atoms with E-state index in [0.29, 0.717) is 13.1 Å². The maximum atomic E-state index is 6.14. The largest absolute Gasteiger partial charge is 0.365 e. The van der Waals surface area contributed by atoms with Gasteiger partial charge in [-0.05, 0) is 53.8 Å². The van der Waals surface area contributed by atoms with Crippen LogP contribution in [-0.2, 0) is 13.1 Å². The Morgan fingerprint density at radius 3 is 2.88 bits per heavy atom. The molecule has 6 rings (SSSR count). The van der Waals surface area contributed by atoms with Gasteiger partial charge in [0, 0.05) is 36.0 Å². The van der Waals surface area contributed by atoms with E-state index in [1.165, 1.54) is 15.6 Å². The summed E-state index contributed by atoms with van der Waals surface area (Å²) in [7, 11) is 0. The minimum atomic E-state index is 0.677. The van der Waals surface area contributed by atoms with Gasteiger partial charge in [0.2, 0.25) is 0 Å². The minimum absolute atomic E-state index is 0.677. The Kier molecular flexibility index (Phi) is 4.59. The van der Waals surface area contributed by atoms with Gasteiger partial charge in [0.25, 0.3) is 0 Å². The second-order valence-electron chi connectivity index (χ2n) is 7.88. The number of aromatic nitrogens is 5. The molecule has 32 heavy (non-hydrogen) atoms. The molecule has 0 bridgehead atoms. The predicted molar refractivity (Wildman–Crippen MR) is 131 cm³/mol. The van der Waals surface area contributed by atoms with Gasteiger partial charge in [0.1, 0.15) is 11.5 Å². The summed E-state index contributed by atoms with van der Waals surface area (Å²) in [4.78, 5) is 9.05. The van der Waals surface area contributed by atoms with Crippen molar-refractivity contribution >= 4 is 55.4 Å². The van der Waals surface area contributed by atoms with E-state index in [0.717, 1.165) is 38.0 Å². The molecular weight excluding hydrogens is 440 g/mol. The number of fused-ring (bicyclic) bond motifs is 3. The zero-order valence-corrected chi connectivity index (χ0v) is 18.9. The van der Waals surface area contributed by atoms with E-state index < -0.39 is 0 Å². The molecule has 0 aliphatic rings. The van der Waals surface area contributed by atoms with Crippen molar-refractivity contribution in [3.63, 3.8) is 0 Å². The van der Waals surface area contributed by atoms with Gasteiger partial charge in [-0.1, -0.05) is 23.7 Å². The quantitative estimate of drug-likeness (QED) is 0.348. The Morgan fingerprint density at radius 1 is 1.03 bits per heavy atom. The maximum absolute atomic E-state index is 6.14. The first-order valence-electron chi connectivity index (χ1n) is 10.3. The molecule has 0 aliphatic heterocycles. The molecule has 0 spiro atoms.